The van der Waals surface area contributed by atoms with Crippen LogP contribution in [0.25, 0.3) is 21.5 Å². The first-order valence-corrected chi connectivity index (χ1v) is 13.4. The Kier molecular flexibility index (Phi) is 6.83. The minimum atomic E-state index is -5.30. The molecule has 14 heteroatoms. The molecule has 0 spiro atoms. The van der Waals surface area contributed by atoms with Gasteiger partial charge in [-0.15, -0.1) is 0 Å². The first-order valence-electron chi connectivity index (χ1n) is 10.3. The second-order valence-electron chi connectivity index (χ2n) is 7.86. The molecule has 0 fully saturated rings. The largest absolute Gasteiger partial charge is 0.524 e. The summed E-state index contributed by atoms with van der Waals surface area (Å²) in [5.74, 6) is -4.50. The van der Waals surface area contributed by atoms with E-state index in [2.05, 4.69) is 0 Å². The third kappa shape index (κ3) is 5.65. The molecule has 0 aliphatic rings. The fourth-order valence-corrected chi connectivity index (χ4v) is 4.99. The molecule has 0 aliphatic carbocycles. The van der Waals surface area contributed by atoms with Crippen LogP contribution in [0.15, 0.2) is 60.7 Å². The summed E-state index contributed by atoms with van der Waals surface area (Å²) in [4.78, 5) is 62.2. The predicted octanol–water partition coefficient (Wildman–Crippen LogP) is 3.92. The number of fused-ring (bicyclic) bond motifs is 2. The number of phosphoric acid groups is 2. The average molecular weight is 548 g/mol. The van der Waals surface area contributed by atoms with E-state index in [1.165, 1.54) is 12.1 Å². The molecule has 0 unspecified atom stereocenters. The highest BCUT2D eigenvalue weighted by Gasteiger charge is 2.30. The highest BCUT2D eigenvalue weighted by molar-refractivity contribution is 7.47. The van der Waals surface area contributed by atoms with Gasteiger partial charge in [-0.3, -0.25) is 19.6 Å². The van der Waals surface area contributed by atoms with Gasteiger partial charge in [-0.1, -0.05) is 48.5 Å². The molecule has 0 saturated carbocycles. The average Bonchev–Trinajstić information content (AvgIpc) is 2.79. The van der Waals surface area contributed by atoms with E-state index < -0.39 is 56.6 Å². The SMILES string of the molecule is O=C(O)c1cc2ccccc2c(Cc2c(OP(=O)(O)O)c(C(=O)O)cc3ccccc23)c1OP(=O)(O)O. The van der Waals surface area contributed by atoms with E-state index in [-0.39, 0.29) is 11.1 Å². The Balaban J connectivity index is 2.14. The Labute approximate surface area is 207 Å². The smallest absolute Gasteiger partial charge is 0.478 e. The lowest BCUT2D eigenvalue weighted by Gasteiger charge is -2.21. The van der Waals surface area contributed by atoms with Crippen molar-refractivity contribution in [2.75, 3.05) is 0 Å². The van der Waals surface area contributed by atoms with Crippen molar-refractivity contribution in [3.63, 3.8) is 0 Å². The summed E-state index contributed by atoms with van der Waals surface area (Å²) in [6.07, 6.45) is -0.478. The molecule has 0 saturated heterocycles. The Bertz CT molecular complexity index is 1540. The second kappa shape index (κ2) is 9.60. The molecule has 0 atom stereocenters. The first-order chi connectivity index (χ1) is 17.2. The van der Waals surface area contributed by atoms with Crippen LogP contribution < -0.4 is 9.05 Å². The normalized spacial score (nSPS) is 12.0. The number of hydrogen-bond donors (Lipinski definition) is 6. The molecular weight excluding hydrogens is 530 g/mol. The van der Waals surface area contributed by atoms with Crippen LogP contribution in [0, 0.1) is 0 Å². The van der Waals surface area contributed by atoms with Crippen LogP contribution in [0.4, 0.5) is 0 Å². The molecule has 6 N–H and O–H groups in total. The van der Waals surface area contributed by atoms with E-state index >= 15 is 0 Å². The van der Waals surface area contributed by atoms with Gasteiger partial charge in [-0.05, 0) is 33.7 Å². The Morgan fingerprint density at radius 3 is 1.32 bits per heavy atom. The fraction of sp³-hybridized carbons (Fsp3) is 0.0435. The van der Waals surface area contributed by atoms with Crippen molar-refractivity contribution in [1.29, 1.82) is 0 Å². The van der Waals surface area contributed by atoms with Gasteiger partial charge in [-0.2, -0.15) is 0 Å². The lowest BCUT2D eigenvalue weighted by Crippen LogP contribution is -2.09. The number of hydrogen-bond acceptors (Lipinski definition) is 6. The van der Waals surface area contributed by atoms with Gasteiger partial charge in [0.2, 0.25) is 0 Å². The first kappa shape index (κ1) is 26.3. The van der Waals surface area contributed by atoms with E-state index in [1.807, 2.05) is 0 Å². The maximum atomic E-state index is 12.0. The van der Waals surface area contributed by atoms with Gasteiger partial charge in [0.15, 0.2) is 0 Å². The van der Waals surface area contributed by atoms with Crippen LogP contribution in [0.3, 0.4) is 0 Å². The topological polar surface area (TPSA) is 208 Å². The Morgan fingerprint density at radius 1 is 0.649 bits per heavy atom. The van der Waals surface area contributed by atoms with E-state index in [4.69, 9.17) is 9.05 Å². The van der Waals surface area contributed by atoms with E-state index in [9.17, 15) is 48.5 Å². The highest BCUT2D eigenvalue weighted by Crippen LogP contribution is 2.48. The molecule has 0 heterocycles. The van der Waals surface area contributed by atoms with Crippen molar-refractivity contribution in [3.05, 3.63) is 82.9 Å². The molecule has 192 valence electrons. The molecule has 0 aromatic heterocycles. The van der Waals surface area contributed by atoms with Crippen LogP contribution >= 0.6 is 15.6 Å². The van der Waals surface area contributed by atoms with Crippen LogP contribution in [0.1, 0.15) is 31.8 Å². The minimum absolute atomic E-state index is 0.0814. The summed E-state index contributed by atoms with van der Waals surface area (Å²) in [6.45, 7) is 0. The number of carbonyl (C=O) groups is 2. The molecule has 37 heavy (non-hydrogen) atoms. The molecule has 0 radical (unpaired) electrons. The Morgan fingerprint density at radius 2 is 1.00 bits per heavy atom. The molecule has 4 aromatic carbocycles. The molecule has 0 aliphatic heterocycles. The van der Waals surface area contributed by atoms with Gasteiger partial charge < -0.3 is 19.3 Å². The van der Waals surface area contributed by atoms with E-state index in [0.717, 1.165) is 12.1 Å². The van der Waals surface area contributed by atoms with Gasteiger partial charge in [0, 0.05) is 17.5 Å². The summed E-state index contributed by atoms with van der Waals surface area (Å²) in [7, 11) is -10.6. The molecule has 4 rings (SSSR count). The van der Waals surface area contributed by atoms with Crippen molar-refractivity contribution in [2.45, 2.75) is 6.42 Å². The summed E-state index contributed by atoms with van der Waals surface area (Å²) in [6, 6.07) is 14.8. The summed E-state index contributed by atoms with van der Waals surface area (Å²) < 4.78 is 33.2. The summed E-state index contributed by atoms with van der Waals surface area (Å²) in [5.41, 5.74) is -1.34. The van der Waals surface area contributed by atoms with Crippen molar-refractivity contribution < 1.29 is 57.6 Å². The van der Waals surface area contributed by atoms with Crippen molar-refractivity contribution >= 4 is 49.1 Å². The maximum Gasteiger partial charge on any atom is 0.524 e. The predicted molar refractivity (Wildman–Crippen MR) is 130 cm³/mol. The van der Waals surface area contributed by atoms with Gasteiger partial charge in [-0.25, -0.2) is 18.7 Å². The van der Waals surface area contributed by atoms with Crippen molar-refractivity contribution in [1.82, 2.24) is 0 Å². The summed E-state index contributed by atoms with van der Waals surface area (Å²) in [5, 5.41) is 20.8. The third-order valence-corrected chi connectivity index (χ3v) is 6.28. The number of carboxylic acids is 2. The van der Waals surface area contributed by atoms with Crippen molar-refractivity contribution in [2.24, 2.45) is 0 Å². The van der Waals surface area contributed by atoms with Crippen LogP contribution in [0.2, 0.25) is 0 Å². The third-order valence-electron chi connectivity index (χ3n) is 5.44. The number of carboxylic acid groups (broad SMARTS) is 2. The zero-order chi connectivity index (χ0) is 27.1. The monoisotopic (exact) mass is 548 g/mol. The van der Waals surface area contributed by atoms with Gasteiger partial charge in [0.1, 0.15) is 22.6 Å². The quantitative estimate of drug-likeness (QED) is 0.173. The van der Waals surface area contributed by atoms with E-state index in [0.29, 0.717) is 21.5 Å². The van der Waals surface area contributed by atoms with E-state index in [1.54, 1.807) is 36.4 Å². The van der Waals surface area contributed by atoms with Crippen LogP contribution in [-0.4, -0.2) is 41.7 Å². The number of benzene rings is 4. The van der Waals surface area contributed by atoms with Gasteiger partial charge in [0.25, 0.3) is 0 Å². The minimum Gasteiger partial charge on any atom is -0.478 e. The molecular formula is C23H18O12P2. The lowest BCUT2D eigenvalue weighted by molar-refractivity contribution is 0.0683. The molecule has 0 amide bonds. The summed E-state index contributed by atoms with van der Waals surface area (Å²) >= 11 is 0. The number of phosphoric ester groups is 2. The lowest BCUT2D eigenvalue weighted by atomic mass is 9.90. The Hall–Kier alpha value is -3.76. The second-order valence-corrected chi connectivity index (χ2v) is 10.2. The standard InChI is InChI=1S/C23H18O12P2/c24-22(25)18-9-12-5-1-3-7-14(12)16(20(18)34-36(28,29)30)11-17-15-8-4-2-6-13(15)10-19(23(26)27)21(17)35-37(31,32)33/h1-10H,11H2,(H,24,25)(H,26,27)(H2,28,29,30)(H2,31,32,33). The van der Waals surface area contributed by atoms with Crippen LogP contribution in [0.5, 0.6) is 11.5 Å². The number of rotatable bonds is 8. The fourth-order valence-electron chi connectivity index (χ4n) is 4.10. The zero-order valence-electron chi connectivity index (χ0n) is 18.5. The molecule has 0 bridgehead atoms. The number of aromatic carboxylic acids is 2. The van der Waals surface area contributed by atoms with Gasteiger partial charge in [0.05, 0.1) is 0 Å². The molecule has 12 nitrogen and oxygen atoms in total. The zero-order valence-corrected chi connectivity index (χ0v) is 20.3. The molecule has 4 aromatic rings. The highest BCUT2D eigenvalue weighted by atomic mass is 31.2. The van der Waals surface area contributed by atoms with Gasteiger partial charge >= 0.3 is 27.6 Å². The van der Waals surface area contributed by atoms with Crippen molar-refractivity contribution in [3.8, 4) is 11.5 Å². The maximum absolute atomic E-state index is 12.0. The van der Waals surface area contributed by atoms with Crippen LogP contribution in [-0.2, 0) is 15.6 Å².